The summed E-state index contributed by atoms with van der Waals surface area (Å²) in [7, 11) is 1.36. The molecule has 0 amide bonds. The van der Waals surface area contributed by atoms with Crippen molar-refractivity contribution in [1.82, 2.24) is 5.32 Å². The number of nitrogens with zero attached hydrogens (tertiary/aromatic N) is 1. The number of hydrogen-bond donors (Lipinski definition) is 2. The molecule has 0 radical (unpaired) electrons. The summed E-state index contributed by atoms with van der Waals surface area (Å²) in [5, 5.41) is 14.5. The largest absolute Gasteiger partial charge is 0.508 e. The fourth-order valence-corrected chi connectivity index (χ4v) is 4.22. The highest BCUT2D eigenvalue weighted by atomic mass is 79.9. The summed E-state index contributed by atoms with van der Waals surface area (Å²) in [5.74, 6) is -0.208. The van der Waals surface area contributed by atoms with Crippen LogP contribution in [-0.4, -0.2) is 23.9 Å². The summed E-state index contributed by atoms with van der Waals surface area (Å²) in [6.07, 6.45) is 0.221. The molecule has 0 spiro atoms. The first kappa shape index (κ1) is 21.6. The smallest absolute Gasteiger partial charge is 0.337 e. The molecule has 1 heterocycles. The molecule has 0 unspecified atom stereocenters. The molecule has 7 heteroatoms. The highest BCUT2D eigenvalue weighted by molar-refractivity contribution is 9.10. The van der Waals surface area contributed by atoms with Crippen LogP contribution in [0, 0.1) is 0 Å². The number of aromatic hydroxyl groups is 1. The molecule has 0 saturated carbocycles. The van der Waals surface area contributed by atoms with Crippen LogP contribution in [0.2, 0.25) is 5.02 Å². The molecule has 2 atom stereocenters. The lowest BCUT2D eigenvalue weighted by Crippen LogP contribution is -2.33. The Hall–Kier alpha value is -2.67. The summed E-state index contributed by atoms with van der Waals surface area (Å²) in [6, 6.07) is 20.0. The van der Waals surface area contributed by atoms with Gasteiger partial charge in [0.05, 0.1) is 12.7 Å². The van der Waals surface area contributed by atoms with Crippen molar-refractivity contribution >= 4 is 39.2 Å². The van der Waals surface area contributed by atoms with E-state index in [0.29, 0.717) is 22.6 Å². The number of nitrogens with one attached hydrogen (secondary N) is 1. The number of benzene rings is 3. The van der Waals surface area contributed by atoms with Gasteiger partial charge >= 0.3 is 5.97 Å². The quantitative estimate of drug-likeness (QED) is 0.444. The van der Waals surface area contributed by atoms with Gasteiger partial charge in [0, 0.05) is 33.2 Å². The zero-order chi connectivity index (χ0) is 22.0. The third kappa shape index (κ3) is 4.82. The number of phenolic OH excluding ortho intramolecular Hbond substituents is 1. The molecule has 0 fully saturated rings. The highest BCUT2D eigenvalue weighted by Crippen LogP contribution is 2.36. The van der Waals surface area contributed by atoms with Gasteiger partial charge in [-0.1, -0.05) is 51.8 Å². The number of carbonyl (C=O) groups excluding carboxylic acids is 1. The Labute approximate surface area is 193 Å². The van der Waals surface area contributed by atoms with E-state index in [-0.39, 0.29) is 23.9 Å². The second-order valence-corrected chi connectivity index (χ2v) is 8.58. The van der Waals surface area contributed by atoms with Crippen LogP contribution in [0.15, 0.2) is 76.2 Å². The SMILES string of the molecule is COC(=O)c1ccc([C@@H]2N=C(c3cccc(Br)c3)C[C@@H](c3cc(Cl)ccc3O)N2)cc1. The van der Waals surface area contributed by atoms with Gasteiger partial charge in [-0.3, -0.25) is 10.3 Å². The molecular weight excluding hydrogens is 480 g/mol. The monoisotopic (exact) mass is 498 g/mol. The van der Waals surface area contributed by atoms with Crippen LogP contribution in [0.4, 0.5) is 0 Å². The van der Waals surface area contributed by atoms with E-state index in [1.807, 2.05) is 36.4 Å². The van der Waals surface area contributed by atoms with E-state index in [4.69, 9.17) is 21.3 Å². The van der Waals surface area contributed by atoms with Gasteiger partial charge in [-0.05, 0) is 53.6 Å². The number of hydrogen-bond acceptors (Lipinski definition) is 5. The highest BCUT2D eigenvalue weighted by Gasteiger charge is 2.28. The molecule has 3 aromatic rings. The summed E-state index contributed by atoms with van der Waals surface area (Å²) >= 11 is 9.73. The maximum Gasteiger partial charge on any atom is 0.337 e. The Morgan fingerprint density at radius 2 is 1.94 bits per heavy atom. The Morgan fingerprint density at radius 3 is 2.65 bits per heavy atom. The van der Waals surface area contributed by atoms with Crippen molar-refractivity contribution in [1.29, 1.82) is 0 Å². The van der Waals surface area contributed by atoms with Gasteiger partial charge in [0.1, 0.15) is 11.9 Å². The summed E-state index contributed by atoms with van der Waals surface area (Å²) < 4.78 is 5.75. The molecule has 0 aliphatic carbocycles. The van der Waals surface area contributed by atoms with Gasteiger partial charge in [-0.15, -0.1) is 0 Å². The zero-order valence-corrected chi connectivity index (χ0v) is 19.0. The predicted octanol–water partition coefficient (Wildman–Crippen LogP) is 5.82. The van der Waals surface area contributed by atoms with Gasteiger partial charge in [0.25, 0.3) is 0 Å². The van der Waals surface area contributed by atoms with Gasteiger partial charge in [0.2, 0.25) is 0 Å². The minimum Gasteiger partial charge on any atom is -0.508 e. The van der Waals surface area contributed by atoms with Crippen molar-refractivity contribution in [3.05, 3.63) is 98.5 Å². The van der Waals surface area contributed by atoms with Crippen LogP contribution >= 0.6 is 27.5 Å². The standard InChI is InChI=1S/C24H20BrClN2O3/c1-31-24(30)15-7-5-14(6-8-15)23-27-20(16-3-2-4-17(25)11-16)13-21(28-23)19-12-18(26)9-10-22(19)29/h2-12,21,23,28-29H,13H2,1H3/t21-,23+/m0/s1. The summed E-state index contributed by atoms with van der Waals surface area (Å²) in [4.78, 5) is 16.7. The maximum atomic E-state index is 11.8. The lowest BCUT2D eigenvalue weighted by atomic mass is 9.93. The number of methoxy groups -OCH3 is 1. The minimum atomic E-state index is -0.386. The number of ether oxygens (including phenoxy) is 1. The van der Waals surface area contributed by atoms with Crippen LogP contribution in [-0.2, 0) is 4.74 Å². The van der Waals surface area contributed by atoms with E-state index in [0.717, 1.165) is 21.3 Å². The van der Waals surface area contributed by atoms with E-state index in [1.165, 1.54) is 7.11 Å². The lowest BCUT2D eigenvalue weighted by Gasteiger charge is -2.31. The van der Waals surface area contributed by atoms with Crippen molar-refractivity contribution in [2.75, 3.05) is 7.11 Å². The second kappa shape index (κ2) is 9.22. The molecule has 5 nitrogen and oxygen atoms in total. The van der Waals surface area contributed by atoms with E-state index in [1.54, 1.807) is 30.3 Å². The van der Waals surface area contributed by atoms with Gasteiger partial charge in [-0.2, -0.15) is 0 Å². The van der Waals surface area contributed by atoms with Crippen LogP contribution < -0.4 is 5.32 Å². The number of phenols is 1. The Morgan fingerprint density at radius 1 is 1.16 bits per heavy atom. The van der Waals surface area contributed by atoms with E-state index in [2.05, 4.69) is 21.2 Å². The van der Waals surface area contributed by atoms with E-state index < -0.39 is 0 Å². The number of rotatable bonds is 4. The van der Waals surface area contributed by atoms with E-state index in [9.17, 15) is 9.90 Å². The Balaban J connectivity index is 1.74. The molecule has 0 bridgehead atoms. The molecule has 4 rings (SSSR count). The van der Waals surface area contributed by atoms with Crippen LogP contribution in [0.5, 0.6) is 5.75 Å². The fourth-order valence-electron chi connectivity index (χ4n) is 3.64. The normalized spacial score (nSPS) is 18.4. The van der Waals surface area contributed by atoms with Crippen LogP contribution in [0.3, 0.4) is 0 Å². The lowest BCUT2D eigenvalue weighted by molar-refractivity contribution is 0.0600. The van der Waals surface area contributed by atoms with Gasteiger partial charge in [-0.25, -0.2) is 4.79 Å². The Bertz CT molecular complexity index is 1150. The Kier molecular flexibility index (Phi) is 6.41. The van der Waals surface area contributed by atoms with Crippen molar-refractivity contribution in [3.63, 3.8) is 0 Å². The van der Waals surface area contributed by atoms with Crippen molar-refractivity contribution in [2.45, 2.75) is 18.6 Å². The molecule has 1 aliphatic heterocycles. The fraction of sp³-hybridized carbons (Fsp3) is 0.167. The van der Waals surface area contributed by atoms with Crippen molar-refractivity contribution in [3.8, 4) is 5.75 Å². The van der Waals surface area contributed by atoms with Crippen molar-refractivity contribution < 1.29 is 14.6 Å². The molecule has 0 aromatic heterocycles. The predicted molar refractivity (Wildman–Crippen MR) is 125 cm³/mol. The number of halogens is 2. The first-order valence-electron chi connectivity index (χ1n) is 9.70. The topological polar surface area (TPSA) is 70.9 Å². The first-order valence-corrected chi connectivity index (χ1v) is 10.9. The number of aliphatic imine (C=N–C) groups is 1. The minimum absolute atomic E-state index is 0.178. The molecule has 1 aliphatic rings. The summed E-state index contributed by atoms with van der Waals surface area (Å²) in [5.41, 5.74) is 3.99. The van der Waals surface area contributed by atoms with Crippen molar-refractivity contribution in [2.24, 2.45) is 4.99 Å². The number of carbonyl (C=O) groups is 1. The first-order chi connectivity index (χ1) is 14.9. The molecule has 158 valence electrons. The molecule has 0 saturated heterocycles. The zero-order valence-electron chi connectivity index (χ0n) is 16.7. The average molecular weight is 500 g/mol. The molecular formula is C24H20BrClN2O3. The molecule has 31 heavy (non-hydrogen) atoms. The van der Waals surface area contributed by atoms with Crippen LogP contribution in [0.25, 0.3) is 0 Å². The van der Waals surface area contributed by atoms with Gasteiger partial charge < -0.3 is 9.84 Å². The molecule has 2 N–H and O–H groups in total. The van der Waals surface area contributed by atoms with Crippen LogP contribution in [0.1, 0.15) is 45.7 Å². The third-order valence-electron chi connectivity index (χ3n) is 5.21. The molecule has 3 aromatic carbocycles. The van der Waals surface area contributed by atoms with E-state index >= 15 is 0 Å². The maximum absolute atomic E-state index is 11.8. The average Bonchev–Trinajstić information content (AvgIpc) is 2.80. The summed E-state index contributed by atoms with van der Waals surface area (Å²) in [6.45, 7) is 0. The van der Waals surface area contributed by atoms with Gasteiger partial charge in [0.15, 0.2) is 0 Å². The number of esters is 1. The second-order valence-electron chi connectivity index (χ2n) is 7.23. The third-order valence-corrected chi connectivity index (χ3v) is 5.94.